The molecule has 156 valence electrons. The van der Waals surface area contributed by atoms with E-state index in [2.05, 4.69) is 46.1 Å². The molecule has 8 heteroatoms. The number of carbonyl (C=O) groups is 2. The number of rotatable bonds is 8. The second kappa shape index (κ2) is 10.8. The van der Waals surface area contributed by atoms with Crippen LogP contribution in [0.4, 0.5) is 5.82 Å². The highest BCUT2D eigenvalue weighted by Gasteiger charge is 2.21. The lowest BCUT2D eigenvalue weighted by atomic mass is 9.89. The summed E-state index contributed by atoms with van der Waals surface area (Å²) in [5, 5.41) is 2.05. The summed E-state index contributed by atoms with van der Waals surface area (Å²) in [6.07, 6.45) is 1.97. The molecule has 1 aromatic heterocycles. The SMILES string of the molecule is COc1cc(P)c([C@H](CCc2nc(N(C)C(C)=O)ccc2P)CC(C)=O)c(I)c1. The van der Waals surface area contributed by atoms with E-state index in [4.69, 9.17) is 4.74 Å². The van der Waals surface area contributed by atoms with Gasteiger partial charge in [0.15, 0.2) is 0 Å². The van der Waals surface area contributed by atoms with Gasteiger partial charge in [-0.2, -0.15) is 0 Å². The normalized spacial score (nSPS) is 11.8. The molecular formula is C21H27IN2O3P2. The van der Waals surface area contributed by atoms with E-state index in [0.29, 0.717) is 18.7 Å². The number of ketones is 1. The lowest BCUT2D eigenvalue weighted by Gasteiger charge is -2.22. The third-order valence-electron chi connectivity index (χ3n) is 4.85. The van der Waals surface area contributed by atoms with Gasteiger partial charge in [0.05, 0.1) is 7.11 Å². The zero-order valence-corrected chi connectivity index (χ0v) is 21.6. The Balaban J connectivity index is 2.32. The fraction of sp³-hybridized carbons (Fsp3) is 0.381. The summed E-state index contributed by atoms with van der Waals surface area (Å²) in [4.78, 5) is 29.9. The van der Waals surface area contributed by atoms with E-state index in [1.807, 2.05) is 24.3 Å². The van der Waals surface area contributed by atoms with Crippen molar-refractivity contribution in [2.24, 2.45) is 0 Å². The number of ether oxygens (including phenoxy) is 1. The molecule has 0 saturated heterocycles. The second-order valence-corrected chi connectivity index (χ2v) is 9.44. The van der Waals surface area contributed by atoms with Gasteiger partial charge in [-0.05, 0) is 88.7 Å². The Labute approximate surface area is 190 Å². The van der Waals surface area contributed by atoms with Crippen LogP contribution >= 0.6 is 41.1 Å². The van der Waals surface area contributed by atoms with Gasteiger partial charge in [-0.15, -0.1) is 18.5 Å². The molecule has 1 amide bonds. The van der Waals surface area contributed by atoms with Gasteiger partial charge < -0.3 is 14.4 Å². The number of anilines is 1. The fourth-order valence-corrected chi connectivity index (χ4v) is 5.43. The summed E-state index contributed by atoms with van der Waals surface area (Å²) in [5.74, 6) is 1.62. The maximum atomic E-state index is 12.0. The minimum absolute atomic E-state index is 0.0603. The number of aryl methyl sites for hydroxylation is 1. The van der Waals surface area contributed by atoms with Crippen molar-refractivity contribution in [3.63, 3.8) is 0 Å². The van der Waals surface area contributed by atoms with Crippen LogP contribution < -0.4 is 20.2 Å². The summed E-state index contributed by atoms with van der Waals surface area (Å²) in [6, 6.07) is 7.78. The summed E-state index contributed by atoms with van der Waals surface area (Å²) < 4.78 is 6.45. The predicted molar refractivity (Wildman–Crippen MR) is 134 cm³/mol. The second-order valence-electron chi connectivity index (χ2n) is 7.04. The standard InChI is InChI=1S/C21H27IN2O3P2/c1-12(25)9-14(21-16(22)10-15(27-4)11-19(21)29)5-6-17-18(28)7-8-20(23-17)24(3)13(2)26/h7-8,10-11,14H,5-6,9,28-29H2,1-4H3/t14-/m1/s1. The molecule has 1 aromatic carbocycles. The number of halogens is 1. The number of benzene rings is 1. The summed E-state index contributed by atoms with van der Waals surface area (Å²) in [5.41, 5.74) is 2.08. The van der Waals surface area contributed by atoms with Crippen molar-refractivity contribution in [1.82, 2.24) is 4.98 Å². The number of methoxy groups -OCH3 is 1. The first-order valence-electron chi connectivity index (χ1n) is 9.26. The molecule has 0 saturated carbocycles. The minimum atomic E-state index is -0.0603. The Morgan fingerprint density at radius 3 is 2.45 bits per heavy atom. The Morgan fingerprint density at radius 1 is 1.21 bits per heavy atom. The third kappa shape index (κ3) is 6.44. The van der Waals surface area contributed by atoms with Gasteiger partial charge in [-0.1, -0.05) is 0 Å². The van der Waals surface area contributed by atoms with E-state index in [-0.39, 0.29) is 17.6 Å². The minimum Gasteiger partial charge on any atom is -0.497 e. The molecule has 5 nitrogen and oxygen atoms in total. The monoisotopic (exact) mass is 544 g/mol. The van der Waals surface area contributed by atoms with Crippen LogP contribution in [0.3, 0.4) is 0 Å². The smallest absolute Gasteiger partial charge is 0.224 e. The average molecular weight is 544 g/mol. The van der Waals surface area contributed by atoms with Crippen LogP contribution in [0.2, 0.25) is 0 Å². The van der Waals surface area contributed by atoms with Crippen LogP contribution in [-0.4, -0.2) is 30.8 Å². The lowest BCUT2D eigenvalue weighted by Crippen LogP contribution is -2.25. The highest BCUT2D eigenvalue weighted by Crippen LogP contribution is 2.31. The van der Waals surface area contributed by atoms with Gasteiger partial charge in [0.1, 0.15) is 17.4 Å². The number of amides is 1. The highest BCUT2D eigenvalue weighted by atomic mass is 127. The van der Waals surface area contributed by atoms with Gasteiger partial charge in [-0.25, -0.2) is 4.98 Å². The van der Waals surface area contributed by atoms with Gasteiger partial charge in [0, 0.05) is 29.7 Å². The predicted octanol–water partition coefficient (Wildman–Crippen LogP) is 3.37. The Morgan fingerprint density at radius 2 is 1.90 bits per heavy atom. The van der Waals surface area contributed by atoms with E-state index in [9.17, 15) is 9.59 Å². The molecule has 0 N–H and O–H groups in total. The third-order valence-corrected chi connectivity index (χ3v) is 6.75. The van der Waals surface area contributed by atoms with E-state index in [1.165, 1.54) is 11.8 Å². The van der Waals surface area contributed by atoms with E-state index in [1.54, 1.807) is 21.1 Å². The zero-order valence-electron chi connectivity index (χ0n) is 17.2. The van der Waals surface area contributed by atoms with Crippen molar-refractivity contribution < 1.29 is 14.3 Å². The first-order chi connectivity index (χ1) is 13.6. The number of carbonyl (C=O) groups excluding carboxylic acids is 2. The first kappa shape index (κ1) is 24.2. The fourth-order valence-electron chi connectivity index (χ4n) is 3.22. The number of Topliss-reactive ketones (excluding diaryl/α,β-unsaturated/α-hetero) is 1. The molecule has 0 spiro atoms. The van der Waals surface area contributed by atoms with Crippen molar-refractivity contribution in [3.8, 4) is 5.75 Å². The Kier molecular flexibility index (Phi) is 8.99. The average Bonchev–Trinajstić information content (AvgIpc) is 2.65. The van der Waals surface area contributed by atoms with Crippen molar-refractivity contribution in [1.29, 1.82) is 0 Å². The van der Waals surface area contributed by atoms with Gasteiger partial charge in [0.25, 0.3) is 0 Å². The summed E-state index contributed by atoms with van der Waals surface area (Å²) >= 11 is 2.31. The van der Waals surface area contributed by atoms with Crippen LogP contribution in [0.5, 0.6) is 5.75 Å². The zero-order chi connectivity index (χ0) is 21.7. The number of pyridine rings is 1. The molecule has 0 aliphatic rings. The van der Waals surface area contributed by atoms with Crippen LogP contribution in [0.25, 0.3) is 0 Å². The molecule has 0 radical (unpaired) electrons. The maximum absolute atomic E-state index is 12.0. The van der Waals surface area contributed by atoms with Gasteiger partial charge in [0.2, 0.25) is 5.91 Å². The summed E-state index contributed by atoms with van der Waals surface area (Å²) in [7, 11) is 8.85. The Hall–Kier alpha value is -1.10. The van der Waals surface area contributed by atoms with Crippen molar-refractivity contribution in [2.45, 2.75) is 39.0 Å². The molecule has 3 atom stereocenters. The molecule has 2 rings (SSSR count). The molecule has 1 heterocycles. The summed E-state index contributed by atoms with van der Waals surface area (Å²) in [6.45, 7) is 3.15. The van der Waals surface area contributed by atoms with E-state index in [0.717, 1.165) is 37.6 Å². The molecule has 0 aliphatic carbocycles. The maximum Gasteiger partial charge on any atom is 0.224 e. The van der Waals surface area contributed by atoms with Crippen molar-refractivity contribution >= 4 is 69.2 Å². The highest BCUT2D eigenvalue weighted by molar-refractivity contribution is 14.1. The largest absolute Gasteiger partial charge is 0.497 e. The number of hydrogen-bond acceptors (Lipinski definition) is 4. The van der Waals surface area contributed by atoms with Crippen LogP contribution in [-0.2, 0) is 16.0 Å². The van der Waals surface area contributed by atoms with E-state index >= 15 is 0 Å². The molecule has 2 unspecified atom stereocenters. The van der Waals surface area contributed by atoms with Crippen molar-refractivity contribution in [3.05, 3.63) is 39.1 Å². The van der Waals surface area contributed by atoms with Crippen LogP contribution in [0, 0.1) is 3.57 Å². The van der Waals surface area contributed by atoms with Crippen LogP contribution in [0.15, 0.2) is 24.3 Å². The number of nitrogens with zero attached hydrogens (tertiary/aromatic N) is 2. The van der Waals surface area contributed by atoms with Gasteiger partial charge >= 0.3 is 0 Å². The quantitative estimate of drug-likeness (QED) is 0.378. The number of hydrogen-bond donors (Lipinski definition) is 0. The molecule has 29 heavy (non-hydrogen) atoms. The molecule has 2 aromatic rings. The topological polar surface area (TPSA) is 59.5 Å². The van der Waals surface area contributed by atoms with Crippen molar-refractivity contribution in [2.75, 3.05) is 19.1 Å². The van der Waals surface area contributed by atoms with E-state index < -0.39 is 0 Å². The van der Waals surface area contributed by atoms with Crippen LogP contribution in [0.1, 0.15) is 43.9 Å². The number of aromatic nitrogens is 1. The molecular weight excluding hydrogens is 517 g/mol. The Bertz CT molecular complexity index is 898. The van der Waals surface area contributed by atoms with Gasteiger partial charge in [-0.3, -0.25) is 4.79 Å². The molecule has 0 aliphatic heterocycles. The molecule has 0 fully saturated rings. The molecule has 0 bridgehead atoms. The first-order valence-corrected chi connectivity index (χ1v) is 11.5. The lowest BCUT2D eigenvalue weighted by molar-refractivity contribution is -0.117.